The van der Waals surface area contributed by atoms with E-state index in [2.05, 4.69) is 16.7 Å². The second-order valence-electron chi connectivity index (χ2n) is 8.82. The summed E-state index contributed by atoms with van der Waals surface area (Å²) in [5.74, 6) is -0.319. The summed E-state index contributed by atoms with van der Waals surface area (Å²) < 4.78 is 0. The molecular formula is C29H25N3O2S2. The topological polar surface area (TPSA) is 82.0 Å². The van der Waals surface area contributed by atoms with E-state index in [1.165, 1.54) is 28.0 Å². The highest BCUT2D eigenvalue weighted by molar-refractivity contribution is 8.00. The Morgan fingerprint density at radius 3 is 2.61 bits per heavy atom. The van der Waals surface area contributed by atoms with Crippen LogP contribution in [0.5, 0.6) is 0 Å². The van der Waals surface area contributed by atoms with E-state index in [-0.39, 0.29) is 17.1 Å². The van der Waals surface area contributed by atoms with Crippen LogP contribution in [0, 0.1) is 11.3 Å². The van der Waals surface area contributed by atoms with Crippen LogP contribution in [0.15, 0.2) is 71.6 Å². The molecule has 0 radical (unpaired) electrons. The quantitative estimate of drug-likeness (QED) is 0.273. The van der Waals surface area contributed by atoms with Gasteiger partial charge in [0.2, 0.25) is 5.91 Å². The van der Waals surface area contributed by atoms with E-state index >= 15 is 0 Å². The van der Waals surface area contributed by atoms with Gasteiger partial charge >= 0.3 is 0 Å². The number of hydrogen-bond acceptors (Lipinski definition) is 5. The van der Waals surface area contributed by atoms with Crippen LogP contribution in [-0.4, -0.2) is 17.1 Å². The third-order valence-corrected chi connectivity index (χ3v) is 8.61. The summed E-state index contributed by atoms with van der Waals surface area (Å²) in [6, 6.07) is 23.4. The summed E-state index contributed by atoms with van der Waals surface area (Å²) in [4.78, 5) is 27.9. The number of benzene rings is 3. The number of amides is 2. The molecule has 1 unspecified atom stereocenters. The molecule has 7 heteroatoms. The molecule has 0 saturated carbocycles. The molecule has 1 heterocycles. The van der Waals surface area contributed by atoms with Gasteiger partial charge in [0.1, 0.15) is 11.1 Å². The zero-order valence-electron chi connectivity index (χ0n) is 19.8. The molecule has 1 atom stereocenters. The molecule has 2 N–H and O–H groups in total. The van der Waals surface area contributed by atoms with E-state index in [1.807, 2.05) is 73.7 Å². The third-order valence-electron chi connectivity index (χ3n) is 6.31. The number of fused-ring (bicyclic) bond motifs is 2. The minimum Gasteiger partial charge on any atom is -0.322 e. The molecule has 0 bridgehead atoms. The molecule has 1 aliphatic carbocycles. The Morgan fingerprint density at radius 2 is 1.78 bits per heavy atom. The van der Waals surface area contributed by atoms with Crippen molar-refractivity contribution in [3.05, 3.63) is 88.3 Å². The molecule has 2 amide bonds. The van der Waals surface area contributed by atoms with Gasteiger partial charge < -0.3 is 10.6 Å². The van der Waals surface area contributed by atoms with Gasteiger partial charge in [0.25, 0.3) is 5.91 Å². The molecule has 0 spiro atoms. The van der Waals surface area contributed by atoms with Crippen molar-refractivity contribution in [1.82, 2.24) is 0 Å². The van der Waals surface area contributed by atoms with Crippen LogP contribution in [-0.2, 0) is 17.6 Å². The molecule has 0 fully saturated rings. The van der Waals surface area contributed by atoms with Crippen LogP contribution in [0.1, 0.15) is 46.1 Å². The standard InChI is InChI=1S/C29H25N3O2S2/c1-18(27(33)32-29-25(17-30)24-11-4-5-12-26(24)36-29)35-23-10-6-9-22(16-23)31-28(34)21-14-13-19-7-2-3-8-20(19)15-21/h2-3,6-10,13-16,18H,4-5,11-12H2,1H3,(H,31,34)(H,32,33). The van der Waals surface area contributed by atoms with Crippen molar-refractivity contribution < 1.29 is 9.59 Å². The number of thiophene rings is 1. The van der Waals surface area contributed by atoms with E-state index in [1.54, 1.807) is 0 Å². The number of aryl methyl sites for hydroxylation is 1. The molecule has 0 aliphatic heterocycles. The maximum atomic E-state index is 12.9. The average Bonchev–Trinajstić information content (AvgIpc) is 3.25. The molecule has 180 valence electrons. The molecule has 1 aliphatic rings. The van der Waals surface area contributed by atoms with Gasteiger partial charge in [-0.15, -0.1) is 23.1 Å². The second-order valence-corrected chi connectivity index (χ2v) is 11.3. The first-order valence-electron chi connectivity index (χ1n) is 11.9. The fourth-order valence-electron chi connectivity index (χ4n) is 4.42. The Morgan fingerprint density at radius 1 is 0.972 bits per heavy atom. The fourth-order valence-corrected chi connectivity index (χ4v) is 6.59. The number of nitriles is 1. The van der Waals surface area contributed by atoms with Crippen LogP contribution in [0.3, 0.4) is 0 Å². The highest BCUT2D eigenvalue weighted by Crippen LogP contribution is 2.38. The third kappa shape index (κ3) is 5.15. The van der Waals surface area contributed by atoms with Crippen LogP contribution < -0.4 is 10.6 Å². The molecule has 3 aromatic carbocycles. The number of nitrogens with one attached hydrogen (secondary N) is 2. The summed E-state index contributed by atoms with van der Waals surface area (Å²) in [5.41, 5.74) is 2.99. The van der Waals surface area contributed by atoms with Crippen molar-refractivity contribution in [3.63, 3.8) is 0 Å². The number of hydrogen-bond donors (Lipinski definition) is 2. The van der Waals surface area contributed by atoms with E-state index in [4.69, 9.17) is 0 Å². The van der Waals surface area contributed by atoms with Crippen LogP contribution >= 0.6 is 23.1 Å². The van der Waals surface area contributed by atoms with Crippen molar-refractivity contribution in [2.24, 2.45) is 0 Å². The number of rotatable bonds is 6. The largest absolute Gasteiger partial charge is 0.322 e. The Balaban J connectivity index is 1.24. The number of thioether (sulfide) groups is 1. The van der Waals surface area contributed by atoms with E-state index in [9.17, 15) is 14.9 Å². The van der Waals surface area contributed by atoms with Crippen LogP contribution in [0.4, 0.5) is 10.7 Å². The fraction of sp³-hybridized carbons (Fsp3) is 0.207. The monoisotopic (exact) mass is 511 g/mol. The lowest BCUT2D eigenvalue weighted by atomic mass is 9.96. The zero-order valence-corrected chi connectivity index (χ0v) is 21.5. The van der Waals surface area contributed by atoms with Gasteiger partial charge in [0.05, 0.1) is 10.8 Å². The molecule has 1 aromatic heterocycles. The van der Waals surface area contributed by atoms with Crippen molar-refractivity contribution in [2.45, 2.75) is 42.8 Å². The Kier molecular flexibility index (Phi) is 7.08. The first kappa shape index (κ1) is 24.1. The number of carbonyl (C=O) groups excluding carboxylic acids is 2. The highest BCUT2D eigenvalue weighted by atomic mass is 32.2. The molecular weight excluding hydrogens is 486 g/mol. The predicted octanol–water partition coefficient (Wildman–Crippen LogP) is 7.02. The van der Waals surface area contributed by atoms with E-state index in [0.717, 1.165) is 46.9 Å². The van der Waals surface area contributed by atoms with Gasteiger partial charge in [0, 0.05) is 21.0 Å². The van der Waals surface area contributed by atoms with Gasteiger partial charge in [-0.25, -0.2) is 0 Å². The summed E-state index contributed by atoms with van der Waals surface area (Å²) in [6.45, 7) is 1.85. The van der Waals surface area contributed by atoms with Gasteiger partial charge in [-0.3, -0.25) is 9.59 Å². The van der Waals surface area contributed by atoms with E-state index < -0.39 is 0 Å². The predicted molar refractivity (Wildman–Crippen MR) is 148 cm³/mol. The van der Waals surface area contributed by atoms with Crippen molar-refractivity contribution >= 4 is 56.4 Å². The lowest BCUT2D eigenvalue weighted by Crippen LogP contribution is -2.22. The van der Waals surface area contributed by atoms with E-state index in [0.29, 0.717) is 21.8 Å². The van der Waals surface area contributed by atoms with Crippen molar-refractivity contribution in [2.75, 3.05) is 10.6 Å². The molecule has 0 saturated heterocycles. The molecule has 36 heavy (non-hydrogen) atoms. The number of nitrogens with zero attached hydrogens (tertiary/aromatic N) is 1. The summed E-state index contributed by atoms with van der Waals surface area (Å²) in [6.07, 6.45) is 4.11. The maximum absolute atomic E-state index is 12.9. The first-order valence-corrected chi connectivity index (χ1v) is 13.6. The minimum atomic E-state index is -0.373. The van der Waals surface area contributed by atoms with Gasteiger partial charge in [0.15, 0.2) is 0 Å². The smallest absolute Gasteiger partial charge is 0.255 e. The van der Waals surface area contributed by atoms with Crippen molar-refractivity contribution in [1.29, 1.82) is 5.26 Å². The molecule has 5 rings (SSSR count). The van der Waals surface area contributed by atoms with Gasteiger partial charge in [-0.1, -0.05) is 36.4 Å². The van der Waals surface area contributed by atoms with Crippen LogP contribution in [0.2, 0.25) is 0 Å². The summed E-state index contributed by atoms with van der Waals surface area (Å²) >= 11 is 2.95. The molecule has 4 aromatic rings. The highest BCUT2D eigenvalue weighted by Gasteiger charge is 2.23. The van der Waals surface area contributed by atoms with Crippen LogP contribution in [0.25, 0.3) is 10.8 Å². The first-order chi connectivity index (χ1) is 17.5. The van der Waals surface area contributed by atoms with Gasteiger partial charge in [-0.05, 0) is 79.3 Å². The Bertz CT molecular complexity index is 1500. The molecule has 5 nitrogen and oxygen atoms in total. The maximum Gasteiger partial charge on any atom is 0.255 e. The normalized spacial score (nSPS) is 13.4. The Labute approximate surface area is 218 Å². The SMILES string of the molecule is CC(Sc1cccc(NC(=O)c2ccc3ccccc3c2)c1)C(=O)Nc1sc2c(c1C#N)CCCC2. The minimum absolute atomic E-state index is 0.138. The lowest BCUT2D eigenvalue weighted by molar-refractivity contribution is -0.115. The second kappa shape index (κ2) is 10.6. The zero-order chi connectivity index (χ0) is 25.1. The number of anilines is 2. The summed E-state index contributed by atoms with van der Waals surface area (Å²) in [7, 11) is 0. The average molecular weight is 512 g/mol. The summed E-state index contributed by atoms with van der Waals surface area (Å²) in [5, 5.41) is 18.0. The Hall–Kier alpha value is -3.60. The lowest BCUT2D eigenvalue weighted by Gasteiger charge is -2.13. The van der Waals surface area contributed by atoms with Gasteiger partial charge in [-0.2, -0.15) is 5.26 Å². The van der Waals surface area contributed by atoms with Crippen molar-refractivity contribution in [3.8, 4) is 6.07 Å². The number of carbonyl (C=O) groups is 2.